The second kappa shape index (κ2) is 7.56. The van der Waals surface area contributed by atoms with Gasteiger partial charge in [-0.1, -0.05) is 43.3 Å². The summed E-state index contributed by atoms with van der Waals surface area (Å²) in [5, 5.41) is 3.31. The molecule has 0 unspecified atom stereocenters. The maximum Gasteiger partial charge on any atom is 0.142 e. The van der Waals surface area contributed by atoms with Crippen molar-refractivity contribution in [1.82, 2.24) is 5.32 Å². The van der Waals surface area contributed by atoms with E-state index in [1.54, 1.807) is 0 Å². The molecule has 0 aliphatic carbocycles. The summed E-state index contributed by atoms with van der Waals surface area (Å²) in [5.41, 5.74) is 9.12. The van der Waals surface area contributed by atoms with E-state index in [-0.39, 0.29) is 0 Å². The van der Waals surface area contributed by atoms with E-state index in [0.29, 0.717) is 12.3 Å². The van der Waals surface area contributed by atoms with Crippen molar-refractivity contribution in [3.05, 3.63) is 59.7 Å². The maximum atomic E-state index is 6.04. The van der Waals surface area contributed by atoms with Crippen LogP contribution in [0.25, 0.3) is 0 Å². The number of rotatable bonds is 7. The van der Waals surface area contributed by atoms with Gasteiger partial charge < -0.3 is 15.8 Å². The molecule has 0 spiro atoms. The first kappa shape index (κ1) is 14.4. The lowest BCUT2D eigenvalue weighted by Crippen LogP contribution is -2.16. The minimum absolute atomic E-state index is 0.543. The molecule has 106 valence electrons. The van der Waals surface area contributed by atoms with Gasteiger partial charge in [-0.15, -0.1) is 0 Å². The Kier molecular flexibility index (Phi) is 5.44. The number of hydrogen-bond acceptors (Lipinski definition) is 3. The van der Waals surface area contributed by atoms with Crippen LogP contribution in [0.4, 0.5) is 5.69 Å². The number of nitrogen functional groups attached to an aromatic ring is 1. The van der Waals surface area contributed by atoms with Crippen molar-refractivity contribution < 1.29 is 4.74 Å². The van der Waals surface area contributed by atoms with Crippen LogP contribution in [0.2, 0.25) is 0 Å². The molecule has 0 saturated heterocycles. The zero-order chi connectivity index (χ0) is 14.2. The summed E-state index contributed by atoms with van der Waals surface area (Å²) in [7, 11) is 0. The molecule has 20 heavy (non-hydrogen) atoms. The molecular formula is C17H22N2O. The first-order chi connectivity index (χ1) is 9.79. The third kappa shape index (κ3) is 4.28. The van der Waals surface area contributed by atoms with E-state index in [1.165, 1.54) is 5.56 Å². The van der Waals surface area contributed by atoms with E-state index in [4.69, 9.17) is 10.5 Å². The smallest absolute Gasteiger partial charge is 0.142 e. The Labute approximate surface area is 120 Å². The molecule has 0 bridgehead atoms. The minimum Gasteiger partial charge on any atom is -0.487 e. The average Bonchev–Trinajstić information content (AvgIpc) is 2.48. The molecule has 2 rings (SSSR count). The Morgan fingerprint density at radius 3 is 2.55 bits per heavy atom. The number of likely N-dealkylation sites (N-methyl/N-ethyl adjacent to an activating group) is 1. The van der Waals surface area contributed by atoms with Gasteiger partial charge in [0.2, 0.25) is 0 Å². The molecular weight excluding hydrogens is 248 g/mol. The highest BCUT2D eigenvalue weighted by Crippen LogP contribution is 2.23. The normalized spacial score (nSPS) is 10.4. The number of ether oxygens (including phenoxy) is 1. The molecule has 0 aliphatic rings. The van der Waals surface area contributed by atoms with Gasteiger partial charge in [-0.05, 0) is 42.8 Å². The molecule has 0 aromatic heterocycles. The topological polar surface area (TPSA) is 47.3 Å². The predicted molar refractivity (Wildman–Crippen MR) is 83.9 cm³/mol. The number of nitrogens with one attached hydrogen (secondary N) is 1. The van der Waals surface area contributed by atoms with Gasteiger partial charge in [0.15, 0.2) is 0 Å². The largest absolute Gasteiger partial charge is 0.487 e. The van der Waals surface area contributed by atoms with Crippen LogP contribution in [0, 0.1) is 0 Å². The SMILES string of the molecule is CCNCCc1ccc(OCc2ccccc2)c(N)c1. The molecule has 0 heterocycles. The van der Waals surface area contributed by atoms with E-state index in [0.717, 1.165) is 30.8 Å². The van der Waals surface area contributed by atoms with Gasteiger partial charge >= 0.3 is 0 Å². The van der Waals surface area contributed by atoms with Crippen molar-refractivity contribution in [3.8, 4) is 5.75 Å². The lowest BCUT2D eigenvalue weighted by Gasteiger charge is -2.11. The number of hydrogen-bond donors (Lipinski definition) is 2. The van der Waals surface area contributed by atoms with Gasteiger partial charge in [0.1, 0.15) is 12.4 Å². The van der Waals surface area contributed by atoms with E-state index in [1.807, 2.05) is 42.5 Å². The Hall–Kier alpha value is -2.00. The predicted octanol–water partition coefficient (Wildman–Crippen LogP) is 3.00. The van der Waals surface area contributed by atoms with Crippen molar-refractivity contribution in [3.63, 3.8) is 0 Å². The van der Waals surface area contributed by atoms with Crippen LogP contribution in [0.15, 0.2) is 48.5 Å². The fourth-order valence-corrected chi connectivity index (χ4v) is 2.03. The number of anilines is 1. The zero-order valence-electron chi connectivity index (χ0n) is 11.9. The van der Waals surface area contributed by atoms with Crippen molar-refractivity contribution in [1.29, 1.82) is 0 Å². The molecule has 0 amide bonds. The van der Waals surface area contributed by atoms with Gasteiger partial charge in [-0.2, -0.15) is 0 Å². The molecule has 3 N–H and O–H groups in total. The summed E-state index contributed by atoms with van der Waals surface area (Å²) in [6.45, 7) is 4.62. The molecule has 2 aromatic rings. The van der Waals surface area contributed by atoms with Crippen LogP contribution in [-0.2, 0) is 13.0 Å². The Morgan fingerprint density at radius 1 is 1.05 bits per heavy atom. The van der Waals surface area contributed by atoms with Crippen LogP contribution in [0.1, 0.15) is 18.1 Å². The van der Waals surface area contributed by atoms with Crippen molar-refractivity contribution in [2.24, 2.45) is 0 Å². The van der Waals surface area contributed by atoms with Gasteiger partial charge in [0.05, 0.1) is 5.69 Å². The highest BCUT2D eigenvalue weighted by molar-refractivity contribution is 5.54. The fraction of sp³-hybridized carbons (Fsp3) is 0.294. The maximum absolute atomic E-state index is 6.04. The lowest BCUT2D eigenvalue weighted by molar-refractivity contribution is 0.308. The van der Waals surface area contributed by atoms with Crippen LogP contribution < -0.4 is 15.8 Å². The number of benzene rings is 2. The third-order valence-corrected chi connectivity index (χ3v) is 3.15. The van der Waals surface area contributed by atoms with E-state index >= 15 is 0 Å². The Bertz CT molecular complexity index is 526. The summed E-state index contributed by atoms with van der Waals surface area (Å²) < 4.78 is 5.76. The van der Waals surface area contributed by atoms with Crippen LogP contribution in [0.5, 0.6) is 5.75 Å². The standard InChI is InChI=1S/C17H22N2O/c1-2-19-11-10-14-8-9-17(16(18)12-14)20-13-15-6-4-3-5-7-15/h3-9,12,19H,2,10-11,13,18H2,1H3. The second-order valence-corrected chi connectivity index (χ2v) is 4.75. The fourth-order valence-electron chi connectivity index (χ4n) is 2.03. The van der Waals surface area contributed by atoms with Gasteiger partial charge in [-0.3, -0.25) is 0 Å². The van der Waals surface area contributed by atoms with Crippen LogP contribution in [-0.4, -0.2) is 13.1 Å². The summed E-state index contributed by atoms with van der Waals surface area (Å²) in [6, 6.07) is 16.1. The summed E-state index contributed by atoms with van der Waals surface area (Å²) >= 11 is 0. The minimum atomic E-state index is 0.543. The molecule has 3 heteroatoms. The van der Waals surface area contributed by atoms with E-state index in [2.05, 4.69) is 18.3 Å². The Balaban J connectivity index is 1.92. The quantitative estimate of drug-likeness (QED) is 0.600. The van der Waals surface area contributed by atoms with Crippen molar-refractivity contribution >= 4 is 5.69 Å². The van der Waals surface area contributed by atoms with Crippen molar-refractivity contribution in [2.45, 2.75) is 20.0 Å². The summed E-state index contributed by atoms with van der Waals surface area (Å²) in [5.74, 6) is 0.751. The Morgan fingerprint density at radius 2 is 1.85 bits per heavy atom. The molecule has 0 fully saturated rings. The molecule has 0 atom stereocenters. The van der Waals surface area contributed by atoms with Crippen LogP contribution >= 0.6 is 0 Å². The van der Waals surface area contributed by atoms with Gasteiger partial charge in [0.25, 0.3) is 0 Å². The molecule has 3 nitrogen and oxygen atoms in total. The third-order valence-electron chi connectivity index (χ3n) is 3.15. The monoisotopic (exact) mass is 270 g/mol. The lowest BCUT2D eigenvalue weighted by atomic mass is 10.1. The average molecular weight is 270 g/mol. The highest BCUT2D eigenvalue weighted by Gasteiger charge is 2.02. The molecule has 0 radical (unpaired) electrons. The summed E-state index contributed by atoms with van der Waals surface area (Å²) in [6.07, 6.45) is 0.983. The highest BCUT2D eigenvalue weighted by atomic mass is 16.5. The van der Waals surface area contributed by atoms with Gasteiger partial charge in [-0.25, -0.2) is 0 Å². The number of nitrogens with two attached hydrogens (primary N) is 1. The van der Waals surface area contributed by atoms with Gasteiger partial charge in [0, 0.05) is 0 Å². The zero-order valence-corrected chi connectivity index (χ0v) is 11.9. The van der Waals surface area contributed by atoms with E-state index < -0.39 is 0 Å². The molecule has 0 aliphatic heterocycles. The van der Waals surface area contributed by atoms with Crippen molar-refractivity contribution in [2.75, 3.05) is 18.8 Å². The first-order valence-electron chi connectivity index (χ1n) is 7.05. The first-order valence-corrected chi connectivity index (χ1v) is 7.05. The van der Waals surface area contributed by atoms with E-state index in [9.17, 15) is 0 Å². The second-order valence-electron chi connectivity index (χ2n) is 4.75. The van der Waals surface area contributed by atoms with Crippen LogP contribution in [0.3, 0.4) is 0 Å². The summed E-state index contributed by atoms with van der Waals surface area (Å²) in [4.78, 5) is 0. The molecule has 0 saturated carbocycles. The molecule has 2 aromatic carbocycles.